The molecule has 0 heterocycles. The van der Waals surface area contributed by atoms with E-state index in [-0.39, 0.29) is 30.9 Å². The molecule has 0 aliphatic rings. The molecule has 1 unspecified atom stereocenters. The lowest BCUT2D eigenvalue weighted by molar-refractivity contribution is -0.123. The summed E-state index contributed by atoms with van der Waals surface area (Å²) >= 11 is 5.87. The van der Waals surface area contributed by atoms with Crippen LogP contribution in [0.4, 0.5) is 5.69 Å². The lowest BCUT2D eigenvalue weighted by atomic mass is 10.1. The van der Waals surface area contributed by atoms with E-state index < -0.39 is 0 Å². The number of ether oxygens (including phenoxy) is 1. The first-order valence-corrected chi connectivity index (χ1v) is 8.97. The standard InChI is InChI=1S/C20H24ClN3O3/c1-13-4-9-18(27-3)17(10-13)24-20(26)12-23-19(25)11-22-14(2)15-5-7-16(21)8-6-15/h4-10,14,22H,11-12H2,1-3H3,(H,23,25)(H,24,26). The van der Waals surface area contributed by atoms with E-state index in [4.69, 9.17) is 16.3 Å². The average Bonchev–Trinajstić information content (AvgIpc) is 2.65. The molecular weight excluding hydrogens is 366 g/mol. The lowest BCUT2D eigenvalue weighted by Gasteiger charge is -2.14. The van der Waals surface area contributed by atoms with Crippen LogP contribution in [-0.4, -0.2) is 32.0 Å². The third-order valence-electron chi connectivity index (χ3n) is 4.01. The SMILES string of the molecule is COc1ccc(C)cc1NC(=O)CNC(=O)CNC(C)c1ccc(Cl)cc1. The minimum absolute atomic E-state index is 0.0154. The smallest absolute Gasteiger partial charge is 0.243 e. The Labute approximate surface area is 164 Å². The van der Waals surface area contributed by atoms with E-state index in [0.29, 0.717) is 16.5 Å². The van der Waals surface area contributed by atoms with Gasteiger partial charge in [0.2, 0.25) is 11.8 Å². The summed E-state index contributed by atoms with van der Waals surface area (Å²) in [5.41, 5.74) is 2.60. The van der Waals surface area contributed by atoms with Gasteiger partial charge < -0.3 is 20.7 Å². The molecule has 0 fully saturated rings. The maximum Gasteiger partial charge on any atom is 0.243 e. The van der Waals surface area contributed by atoms with Crippen molar-refractivity contribution in [1.29, 1.82) is 0 Å². The summed E-state index contributed by atoms with van der Waals surface area (Å²) in [5, 5.41) is 9.11. The molecule has 2 amide bonds. The van der Waals surface area contributed by atoms with Gasteiger partial charge in [0, 0.05) is 11.1 Å². The molecule has 1 atom stereocenters. The Hall–Kier alpha value is -2.57. The van der Waals surface area contributed by atoms with Gasteiger partial charge in [0.15, 0.2) is 0 Å². The minimum Gasteiger partial charge on any atom is -0.495 e. The Bertz CT molecular complexity index is 794. The molecule has 6 nitrogen and oxygen atoms in total. The Morgan fingerprint density at radius 2 is 1.78 bits per heavy atom. The van der Waals surface area contributed by atoms with Gasteiger partial charge in [0.05, 0.1) is 25.9 Å². The Kier molecular flexibility index (Phi) is 7.64. The van der Waals surface area contributed by atoms with E-state index >= 15 is 0 Å². The molecule has 0 radical (unpaired) electrons. The molecule has 2 aromatic rings. The van der Waals surface area contributed by atoms with Crippen LogP contribution >= 0.6 is 11.6 Å². The molecule has 0 aromatic heterocycles. The fourth-order valence-electron chi connectivity index (χ4n) is 2.47. The number of methoxy groups -OCH3 is 1. The van der Waals surface area contributed by atoms with Crippen molar-refractivity contribution in [2.75, 3.05) is 25.5 Å². The molecule has 0 spiro atoms. The largest absolute Gasteiger partial charge is 0.495 e. The minimum atomic E-state index is -0.321. The zero-order valence-corrected chi connectivity index (χ0v) is 16.4. The molecule has 144 valence electrons. The summed E-state index contributed by atoms with van der Waals surface area (Å²) in [5.74, 6) is -0.0149. The Morgan fingerprint density at radius 1 is 1.07 bits per heavy atom. The van der Waals surface area contributed by atoms with Crippen molar-refractivity contribution in [1.82, 2.24) is 10.6 Å². The molecule has 7 heteroatoms. The monoisotopic (exact) mass is 389 g/mol. The van der Waals surface area contributed by atoms with Crippen LogP contribution < -0.4 is 20.7 Å². The highest BCUT2D eigenvalue weighted by atomic mass is 35.5. The normalized spacial score (nSPS) is 11.6. The molecule has 0 saturated heterocycles. The van der Waals surface area contributed by atoms with Crippen LogP contribution in [0.1, 0.15) is 24.1 Å². The molecule has 0 aliphatic carbocycles. The van der Waals surface area contributed by atoms with Crippen molar-refractivity contribution >= 4 is 29.1 Å². The highest BCUT2D eigenvalue weighted by Crippen LogP contribution is 2.24. The van der Waals surface area contributed by atoms with Crippen LogP contribution in [-0.2, 0) is 9.59 Å². The van der Waals surface area contributed by atoms with Gasteiger partial charge in [-0.25, -0.2) is 0 Å². The van der Waals surface area contributed by atoms with E-state index in [1.54, 1.807) is 18.2 Å². The second kappa shape index (κ2) is 9.94. The maximum absolute atomic E-state index is 12.1. The van der Waals surface area contributed by atoms with Crippen LogP contribution in [0.5, 0.6) is 5.75 Å². The maximum atomic E-state index is 12.1. The van der Waals surface area contributed by atoms with Gasteiger partial charge in [-0.1, -0.05) is 29.8 Å². The van der Waals surface area contributed by atoms with E-state index in [0.717, 1.165) is 11.1 Å². The topological polar surface area (TPSA) is 79.5 Å². The molecule has 0 saturated carbocycles. The Balaban J connectivity index is 1.77. The predicted molar refractivity (Wildman–Crippen MR) is 107 cm³/mol. The number of carbonyl (C=O) groups is 2. The number of rotatable bonds is 8. The molecule has 2 aromatic carbocycles. The molecular formula is C20H24ClN3O3. The van der Waals surface area contributed by atoms with E-state index in [1.165, 1.54) is 7.11 Å². The van der Waals surface area contributed by atoms with Gasteiger partial charge in [0.25, 0.3) is 0 Å². The summed E-state index contributed by atoms with van der Waals surface area (Å²) in [6, 6.07) is 12.9. The fraction of sp³-hybridized carbons (Fsp3) is 0.300. The van der Waals surface area contributed by atoms with Gasteiger partial charge in [-0.3, -0.25) is 9.59 Å². The van der Waals surface area contributed by atoms with Crippen molar-refractivity contribution in [3.63, 3.8) is 0 Å². The van der Waals surface area contributed by atoms with Gasteiger partial charge in [0.1, 0.15) is 5.75 Å². The first-order valence-electron chi connectivity index (χ1n) is 8.59. The molecule has 3 N–H and O–H groups in total. The summed E-state index contributed by atoms with van der Waals surface area (Å²) in [4.78, 5) is 24.0. The fourth-order valence-corrected chi connectivity index (χ4v) is 2.60. The van der Waals surface area contributed by atoms with Gasteiger partial charge in [-0.05, 0) is 49.2 Å². The predicted octanol–water partition coefficient (Wildman–Crippen LogP) is 3.06. The summed E-state index contributed by atoms with van der Waals surface area (Å²) in [6.07, 6.45) is 0. The highest BCUT2D eigenvalue weighted by Gasteiger charge is 2.11. The van der Waals surface area contributed by atoms with Gasteiger partial charge in [-0.2, -0.15) is 0 Å². The van der Waals surface area contributed by atoms with Gasteiger partial charge >= 0.3 is 0 Å². The van der Waals surface area contributed by atoms with Crippen LogP contribution in [0.25, 0.3) is 0 Å². The second-order valence-corrected chi connectivity index (χ2v) is 6.62. The number of halogens is 1. The number of hydrogen-bond donors (Lipinski definition) is 3. The van der Waals surface area contributed by atoms with Crippen molar-refractivity contribution < 1.29 is 14.3 Å². The summed E-state index contributed by atoms with van der Waals surface area (Å²) in [6.45, 7) is 3.86. The number of aryl methyl sites for hydroxylation is 1. The number of carbonyl (C=O) groups excluding carboxylic acids is 2. The van der Waals surface area contributed by atoms with Crippen molar-refractivity contribution in [2.24, 2.45) is 0 Å². The van der Waals surface area contributed by atoms with Crippen molar-refractivity contribution in [3.8, 4) is 5.75 Å². The number of anilines is 1. The third-order valence-corrected chi connectivity index (χ3v) is 4.27. The third kappa shape index (κ3) is 6.58. The van der Waals surface area contributed by atoms with Crippen LogP contribution in [0.2, 0.25) is 5.02 Å². The van der Waals surface area contributed by atoms with Crippen molar-refractivity contribution in [3.05, 3.63) is 58.6 Å². The Morgan fingerprint density at radius 3 is 2.44 bits per heavy atom. The second-order valence-electron chi connectivity index (χ2n) is 6.18. The summed E-state index contributed by atoms with van der Waals surface area (Å²) in [7, 11) is 1.54. The van der Waals surface area contributed by atoms with E-state index in [2.05, 4.69) is 16.0 Å². The number of nitrogens with one attached hydrogen (secondary N) is 3. The zero-order chi connectivity index (χ0) is 19.8. The number of hydrogen-bond acceptors (Lipinski definition) is 4. The zero-order valence-electron chi connectivity index (χ0n) is 15.6. The molecule has 2 rings (SSSR count). The van der Waals surface area contributed by atoms with Crippen molar-refractivity contribution in [2.45, 2.75) is 19.9 Å². The van der Waals surface area contributed by atoms with E-state index in [1.807, 2.05) is 38.1 Å². The quantitative estimate of drug-likeness (QED) is 0.648. The first-order chi connectivity index (χ1) is 12.9. The lowest BCUT2D eigenvalue weighted by Crippen LogP contribution is -2.39. The number of amides is 2. The van der Waals surface area contributed by atoms with Crippen LogP contribution in [0.3, 0.4) is 0 Å². The highest BCUT2D eigenvalue weighted by molar-refractivity contribution is 6.30. The molecule has 27 heavy (non-hydrogen) atoms. The molecule has 0 bridgehead atoms. The number of benzene rings is 2. The van der Waals surface area contributed by atoms with Crippen LogP contribution in [0.15, 0.2) is 42.5 Å². The average molecular weight is 390 g/mol. The summed E-state index contributed by atoms with van der Waals surface area (Å²) < 4.78 is 5.22. The first kappa shape index (κ1) is 20.7. The van der Waals surface area contributed by atoms with E-state index in [9.17, 15) is 9.59 Å². The van der Waals surface area contributed by atoms with Crippen LogP contribution in [0, 0.1) is 6.92 Å². The van der Waals surface area contributed by atoms with Gasteiger partial charge in [-0.15, -0.1) is 0 Å². The molecule has 0 aliphatic heterocycles.